The van der Waals surface area contributed by atoms with E-state index in [1.165, 1.54) is 4.68 Å². The Hall–Kier alpha value is -2.62. The molecule has 0 fully saturated rings. The molecule has 1 aromatic carbocycles. The molecule has 0 aliphatic rings. The number of ether oxygens (including phenoxy) is 1. The molecule has 0 saturated heterocycles. The van der Waals surface area contributed by atoms with Crippen molar-refractivity contribution < 1.29 is 14.3 Å². The number of aromatic nitrogens is 4. The molecule has 0 radical (unpaired) electrons. The van der Waals surface area contributed by atoms with Crippen LogP contribution in [-0.4, -0.2) is 51.1 Å². The van der Waals surface area contributed by atoms with E-state index in [-0.39, 0.29) is 11.8 Å². The standard InChI is InChI=1S/C15H20N6O3S/c1-9(2)16-14(23)17-13(22)8-25-15-18-19-20-21(15)11-7-10(3)5-6-12(11)24-4/h5-7,9H,8H2,1-4H3,(H2,16,17,22,23). The summed E-state index contributed by atoms with van der Waals surface area (Å²) in [5.74, 6) is 0.175. The van der Waals surface area contributed by atoms with Crippen molar-refractivity contribution in [3.05, 3.63) is 23.8 Å². The van der Waals surface area contributed by atoms with Gasteiger partial charge in [-0.3, -0.25) is 10.1 Å². The van der Waals surface area contributed by atoms with Crippen molar-refractivity contribution in [1.82, 2.24) is 30.8 Å². The van der Waals surface area contributed by atoms with Crippen LogP contribution in [0.15, 0.2) is 23.4 Å². The molecule has 0 spiro atoms. The number of urea groups is 1. The van der Waals surface area contributed by atoms with Gasteiger partial charge in [0.25, 0.3) is 0 Å². The van der Waals surface area contributed by atoms with Crippen LogP contribution in [0.4, 0.5) is 4.79 Å². The zero-order valence-electron chi connectivity index (χ0n) is 14.4. The SMILES string of the molecule is COc1ccc(C)cc1-n1nnnc1SCC(=O)NC(=O)NC(C)C. The van der Waals surface area contributed by atoms with Crippen LogP contribution in [0.2, 0.25) is 0 Å². The smallest absolute Gasteiger partial charge is 0.321 e. The summed E-state index contributed by atoms with van der Waals surface area (Å²) in [5.41, 5.74) is 1.69. The van der Waals surface area contributed by atoms with Crippen molar-refractivity contribution in [2.45, 2.75) is 32.0 Å². The molecule has 3 amide bonds. The van der Waals surface area contributed by atoms with Gasteiger partial charge in [0, 0.05) is 6.04 Å². The Balaban J connectivity index is 2.06. The molecule has 1 heterocycles. The van der Waals surface area contributed by atoms with Gasteiger partial charge in [-0.05, 0) is 48.9 Å². The molecule has 25 heavy (non-hydrogen) atoms. The van der Waals surface area contributed by atoms with E-state index < -0.39 is 11.9 Å². The van der Waals surface area contributed by atoms with E-state index in [0.29, 0.717) is 16.6 Å². The van der Waals surface area contributed by atoms with Gasteiger partial charge in [-0.15, -0.1) is 5.10 Å². The predicted molar refractivity (Wildman–Crippen MR) is 93.0 cm³/mol. The number of carbonyl (C=O) groups excluding carboxylic acids is 2. The predicted octanol–water partition coefficient (Wildman–Crippen LogP) is 1.31. The minimum atomic E-state index is -0.527. The number of benzene rings is 1. The molecule has 10 heteroatoms. The Morgan fingerprint density at radius 3 is 2.80 bits per heavy atom. The fourth-order valence-corrected chi connectivity index (χ4v) is 2.66. The van der Waals surface area contributed by atoms with Crippen LogP contribution >= 0.6 is 11.8 Å². The monoisotopic (exact) mass is 364 g/mol. The minimum Gasteiger partial charge on any atom is -0.494 e. The second-order valence-electron chi connectivity index (χ2n) is 5.51. The lowest BCUT2D eigenvalue weighted by Gasteiger charge is -2.11. The average molecular weight is 364 g/mol. The van der Waals surface area contributed by atoms with Crippen LogP contribution in [0.25, 0.3) is 5.69 Å². The van der Waals surface area contributed by atoms with Crippen LogP contribution in [-0.2, 0) is 4.79 Å². The second kappa shape index (κ2) is 8.47. The topological polar surface area (TPSA) is 111 Å². The van der Waals surface area contributed by atoms with Gasteiger partial charge >= 0.3 is 6.03 Å². The summed E-state index contributed by atoms with van der Waals surface area (Å²) in [4.78, 5) is 23.4. The van der Waals surface area contributed by atoms with Crippen molar-refractivity contribution in [2.75, 3.05) is 12.9 Å². The third kappa shape index (κ3) is 5.18. The zero-order valence-corrected chi connectivity index (χ0v) is 15.3. The van der Waals surface area contributed by atoms with Gasteiger partial charge in [0.2, 0.25) is 11.1 Å². The number of hydrogen-bond donors (Lipinski definition) is 2. The van der Waals surface area contributed by atoms with Crippen molar-refractivity contribution in [3.8, 4) is 11.4 Å². The first kappa shape index (κ1) is 18.7. The Morgan fingerprint density at radius 2 is 2.12 bits per heavy atom. The lowest BCUT2D eigenvalue weighted by atomic mass is 10.2. The van der Waals surface area contributed by atoms with Gasteiger partial charge < -0.3 is 10.1 Å². The average Bonchev–Trinajstić information content (AvgIpc) is 3.00. The van der Waals surface area contributed by atoms with E-state index in [4.69, 9.17) is 4.74 Å². The number of tetrazole rings is 1. The molecular weight excluding hydrogens is 344 g/mol. The maximum atomic E-state index is 11.9. The highest BCUT2D eigenvalue weighted by molar-refractivity contribution is 7.99. The first-order valence-electron chi connectivity index (χ1n) is 7.57. The Labute approximate surface area is 149 Å². The lowest BCUT2D eigenvalue weighted by Crippen LogP contribution is -2.43. The Morgan fingerprint density at radius 1 is 1.36 bits per heavy atom. The summed E-state index contributed by atoms with van der Waals surface area (Å²) < 4.78 is 6.83. The van der Waals surface area contributed by atoms with Gasteiger partial charge in [-0.25, -0.2) is 4.79 Å². The van der Waals surface area contributed by atoms with Gasteiger partial charge in [0.05, 0.1) is 12.9 Å². The summed E-state index contributed by atoms with van der Waals surface area (Å²) in [5, 5.41) is 16.8. The number of imide groups is 1. The maximum Gasteiger partial charge on any atom is 0.321 e. The highest BCUT2D eigenvalue weighted by atomic mass is 32.2. The van der Waals surface area contributed by atoms with E-state index in [2.05, 4.69) is 26.2 Å². The molecule has 2 rings (SSSR count). The number of methoxy groups -OCH3 is 1. The second-order valence-corrected chi connectivity index (χ2v) is 6.46. The van der Waals surface area contributed by atoms with Crippen molar-refractivity contribution in [3.63, 3.8) is 0 Å². The van der Waals surface area contributed by atoms with Gasteiger partial charge in [0.15, 0.2) is 0 Å². The van der Waals surface area contributed by atoms with Crippen LogP contribution < -0.4 is 15.4 Å². The number of nitrogens with zero attached hydrogens (tertiary/aromatic N) is 4. The van der Waals surface area contributed by atoms with Crippen LogP contribution in [0.5, 0.6) is 5.75 Å². The summed E-state index contributed by atoms with van der Waals surface area (Å²) >= 11 is 1.12. The molecular formula is C15H20N6O3S. The number of amides is 3. The first-order chi connectivity index (χ1) is 11.9. The molecule has 9 nitrogen and oxygen atoms in total. The number of aryl methyl sites for hydroxylation is 1. The van der Waals surface area contributed by atoms with E-state index in [0.717, 1.165) is 17.3 Å². The van der Waals surface area contributed by atoms with Gasteiger partial charge in [-0.2, -0.15) is 4.68 Å². The van der Waals surface area contributed by atoms with Crippen molar-refractivity contribution >= 4 is 23.7 Å². The highest BCUT2D eigenvalue weighted by Crippen LogP contribution is 2.26. The fourth-order valence-electron chi connectivity index (χ4n) is 1.98. The summed E-state index contributed by atoms with van der Waals surface area (Å²) in [6.07, 6.45) is 0. The van der Waals surface area contributed by atoms with E-state index in [9.17, 15) is 9.59 Å². The summed E-state index contributed by atoms with van der Waals surface area (Å²) in [6.45, 7) is 5.56. The fraction of sp³-hybridized carbons (Fsp3) is 0.400. The van der Waals surface area contributed by atoms with Crippen LogP contribution in [0, 0.1) is 6.92 Å². The summed E-state index contributed by atoms with van der Waals surface area (Å²) in [7, 11) is 1.56. The molecule has 0 bridgehead atoms. The lowest BCUT2D eigenvalue weighted by molar-refractivity contribution is -0.117. The van der Waals surface area contributed by atoms with Gasteiger partial charge in [-0.1, -0.05) is 17.8 Å². The molecule has 134 valence electrons. The molecule has 0 atom stereocenters. The Bertz CT molecular complexity index is 761. The molecule has 2 aromatic rings. The molecule has 0 saturated carbocycles. The number of rotatable bonds is 6. The number of nitrogens with one attached hydrogen (secondary N) is 2. The highest BCUT2D eigenvalue weighted by Gasteiger charge is 2.16. The Kier molecular flexibility index (Phi) is 6.34. The zero-order chi connectivity index (χ0) is 18.4. The van der Waals surface area contributed by atoms with Crippen molar-refractivity contribution in [2.24, 2.45) is 0 Å². The molecule has 0 unspecified atom stereocenters. The molecule has 0 aliphatic carbocycles. The third-order valence-corrected chi connectivity index (χ3v) is 3.93. The van der Waals surface area contributed by atoms with Crippen LogP contribution in [0.1, 0.15) is 19.4 Å². The van der Waals surface area contributed by atoms with Gasteiger partial charge in [0.1, 0.15) is 11.4 Å². The van der Waals surface area contributed by atoms with Crippen molar-refractivity contribution in [1.29, 1.82) is 0 Å². The summed E-state index contributed by atoms with van der Waals surface area (Å²) in [6, 6.07) is 5.04. The van der Waals surface area contributed by atoms with E-state index in [1.54, 1.807) is 7.11 Å². The normalized spacial score (nSPS) is 10.6. The molecule has 2 N–H and O–H groups in total. The quantitative estimate of drug-likeness (QED) is 0.743. The largest absolute Gasteiger partial charge is 0.494 e. The third-order valence-electron chi connectivity index (χ3n) is 3.01. The minimum absolute atomic E-state index is 0.0000196. The maximum absolute atomic E-state index is 11.9. The molecule has 0 aliphatic heterocycles. The first-order valence-corrected chi connectivity index (χ1v) is 8.55. The number of carbonyl (C=O) groups is 2. The number of hydrogen-bond acceptors (Lipinski definition) is 7. The molecule has 1 aromatic heterocycles. The van der Waals surface area contributed by atoms with E-state index >= 15 is 0 Å². The van der Waals surface area contributed by atoms with Crippen LogP contribution in [0.3, 0.4) is 0 Å². The number of thioether (sulfide) groups is 1. The van der Waals surface area contributed by atoms with E-state index in [1.807, 2.05) is 39.0 Å².